The van der Waals surface area contributed by atoms with E-state index in [1.54, 1.807) is 0 Å². The first kappa shape index (κ1) is 19.8. The van der Waals surface area contributed by atoms with E-state index in [-0.39, 0.29) is 0 Å². The lowest BCUT2D eigenvalue weighted by atomic mass is 10.4. The third-order valence-electron chi connectivity index (χ3n) is 3.39. The molecule has 0 aliphatic rings. The summed E-state index contributed by atoms with van der Waals surface area (Å²) in [5, 5.41) is 4.22. The second kappa shape index (κ2) is 12.8. The fraction of sp³-hybridized carbons (Fsp3) is 0.182. The molecule has 0 fully saturated rings. The Morgan fingerprint density at radius 2 is 1.08 bits per heavy atom. The van der Waals surface area contributed by atoms with Gasteiger partial charge in [-0.25, -0.2) is 0 Å². The van der Waals surface area contributed by atoms with Gasteiger partial charge in [-0.3, -0.25) is 0 Å². The van der Waals surface area contributed by atoms with Gasteiger partial charge in [-0.1, -0.05) is 108 Å². The zero-order chi connectivity index (χ0) is 17.6. The van der Waals surface area contributed by atoms with Crippen LogP contribution in [0, 0.1) is 0 Å². The molecule has 3 aromatic rings. The quantitative estimate of drug-likeness (QED) is 0.445. The van der Waals surface area contributed by atoms with Crippen LogP contribution in [-0.4, -0.2) is 19.4 Å². The Hall–Kier alpha value is -1.52. The van der Waals surface area contributed by atoms with Crippen molar-refractivity contribution in [3.05, 3.63) is 91.0 Å². The molecule has 130 valence electrons. The smallest absolute Gasteiger partial charge is 0.0505 e. The Kier molecular flexibility index (Phi) is 10.1. The summed E-state index contributed by atoms with van der Waals surface area (Å²) in [6, 6.07) is 31.7. The highest BCUT2D eigenvalue weighted by molar-refractivity contribution is 7.55. The molecule has 3 rings (SSSR count). The minimum absolute atomic E-state index is 0.777. The van der Waals surface area contributed by atoms with Crippen molar-refractivity contribution < 1.29 is 4.74 Å². The molecule has 0 aliphatic carbocycles. The molecule has 1 nitrogen and oxygen atoms in total. The minimum Gasteiger partial charge on any atom is -0.381 e. The van der Waals surface area contributed by atoms with Gasteiger partial charge < -0.3 is 4.74 Å². The van der Waals surface area contributed by atoms with E-state index in [2.05, 4.69) is 91.0 Å². The summed E-state index contributed by atoms with van der Waals surface area (Å²) >= 11 is 0. The van der Waals surface area contributed by atoms with Crippen LogP contribution in [0.2, 0.25) is 0 Å². The van der Waals surface area contributed by atoms with E-state index < -0.39 is 0 Å². The molecule has 1 atom stereocenters. The maximum atomic E-state index is 5.26. The molecule has 1 unspecified atom stereocenters. The van der Waals surface area contributed by atoms with Crippen molar-refractivity contribution in [1.29, 1.82) is 0 Å². The Morgan fingerprint density at radius 3 is 1.52 bits per heavy atom. The number of hydrogen-bond acceptors (Lipinski definition) is 1. The van der Waals surface area contributed by atoms with Crippen LogP contribution in [0.15, 0.2) is 91.0 Å². The summed E-state index contributed by atoms with van der Waals surface area (Å²) in [4.78, 5) is 0. The predicted molar refractivity (Wildman–Crippen MR) is 116 cm³/mol. The first-order valence-corrected chi connectivity index (χ1v) is 10.8. The van der Waals surface area contributed by atoms with Crippen molar-refractivity contribution in [1.82, 2.24) is 0 Å². The maximum Gasteiger partial charge on any atom is 0.0505 e. The molecule has 0 amide bonds. The van der Waals surface area contributed by atoms with E-state index >= 15 is 0 Å². The number of hydrogen-bond donors (Lipinski definition) is 0. The highest BCUT2D eigenvalue weighted by atomic mass is 31.1. The van der Waals surface area contributed by atoms with Crippen LogP contribution in [-0.2, 0) is 4.74 Å². The first-order valence-electron chi connectivity index (χ1n) is 8.62. The van der Waals surface area contributed by atoms with E-state index in [0.717, 1.165) is 36.5 Å². The fourth-order valence-electron chi connectivity index (χ4n) is 2.18. The highest BCUT2D eigenvalue weighted by Crippen LogP contribution is 2.09. The lowest BCUT2D eigenvalue weighted by molar-refractivity contribution is 0.164. The molecule has 0 bridgehead atoms. The number of rotatable bonds is 7. The second-order valence-electron chi connectivity index (χ2n) is 5.35. The SMILES string of the molecule is CCOCCPc1ccccc1.c1ccc(Pc2ccccc2)cc1. The molecule has 0 N–H and O–H groups in total. The van der Waals surface area contributed by atoms with Gasteiger partial charge in [0.05, 0.1) is 6.61 Å². The molecule has 25 heavy (non-hydrogen) atoms. The van der Waals surface area contributed by atoms with E-state index in [1.807, 2.05) is 6.92 Å². The molecule has 0 radical (unpaired) electrons. The van der Waals surface area contributed by atoms with Crippen LogP contribution in [0.1, 0.15) is 6.92 Å². The molecule has 3 heteroatoms. The van der Waals surface area contributed by atoms with Crippen LogP contribution >= 0.6 is 17.2 Å². The van der Waals surface area contributed by atoms with Crippen molar-refractivity contribution in [3.8, 4) is 0 Å². The van der Waals surface area contributed by atoms with Gasteiger partial charge >= 0.3 is 0 Å². The van der Waals surface area contributed by atoms with Crippen LogP contribution in [0.25, 0.3) is 0 Å². The zero-order valence-electron chi connectivity index (χ0n) is 14.7. The van der Waals surface area contributed by atoms with E-state index in [0.29, 0.717) is 0 Å². The molecule has 0 spiro atoms. The van der Waals surface area contributed by atoms with Gasteiger partial charge in [0.15, 0.2) is 0 Å². The summed E-state index contributed by atoms with van der Waals surface area (Å²) in [7, 11) is 1.67. The second-order valence-corrected chi connectivity index (χ2v) is 8.18. The standard InChI is InChI=1S/C12H11P.C10H15OP/c1-3-7-11(8-4-1)13-12-9-5-2-6-10-12;1-2-11-8-9-12-10-6-4-3-5-7-10/h1-10,13H;3-7,12H,2,8-9H2,1H3. The summed E-state index contributed by atoms with van der Waals surface area (Å²) in [6.07, 6.45) is 1.15. The van der Waals surface area contributed by atoms with Gasteiger partial charge in [0, 0.05) is 6.61 Å². The van der Waals surface area contributed by atoms with Crippen LogP contribution in [0.3, 0.4) is 0 Å². The van der Waals surface area contributed by atoms with Crippen molar-refractivity contribution in [2.75, 3.05) is 19.4 Å². The monoisotopic (exact) mass is 368 g/mol. The van der Waals surface area contributed by atoms with Crippen LogP contribution in [0.4, 0.5) is 0 Å². The molecule has 0 aliphatic heterocycles. The first-order chi connectivity index (χ1) is 12.4. The fourth-order valence-corrected chi connectivity index (χ4v) is 4.19. The van der Waals surface area contributed by atoms with E-state index in [4.69, 9.17) is 4.74 Å². The Labute approximate surface area is 155 Å². The molecular formula is C22H26OP2. The number of benzene rings is 3. The Morgan fingerprint density at radius 1 is 0.640 bits per heavy atom. The summed E-state index contributed by atoms with van der Waals surface area (Å²) < 4.78 is 5.26. The van der Waals surface area contributed by atoms with Gasteiger partial charge in [0.2, 0.25) is 0 Å². The topological polar surface area (TPSA) is 9.23 Å². The summed E-state index contributed by atoms with van der Waals surface area (Å²) in [5.41, 5.74) is 0. The third kappa shape index (κ3) is 8.94. The zero-order valence-corrected chi connectivity index (χ0v) is 16.7. The molecule has 3 aromatic carbocycles. The molecule has 0 saturated heterocycles. The lowest BCUT2D eigenvalue weighted by Crippen LogP contribution is -2.01. The van der Waals surface area contributed by atoms with Gasteiger partial charge in [-0.05, 0) is 29.0 Å². The molecular weight excluding hydrogens is 342 g/mol. The maximum absolute atomic E-state index is 5.26. The Bertz CT molecular complexity index is 635. The molecule has 0 heterocycles. The minimum atomic E-state index is 0.777. The summed E-state index contributed by atoms with van der Waals surface area (Å²) in [6.45, 7) is 3.76. The average Bonchev–Trinajstić information content (AvgIpc) is 2.68. The number of ether oxygens (including phenoxy) is 1. The van der Waals surface area contributed by atoms with Crippen LogP contribution in [0.5, 0.6) is 0 Å². The van der Waals surface area contributed by atoms with Crippen molar-refractivity contribution >= 4 is 33.1 Å². The Balaban J connectivity index is 0.000000181. The third-order valence-corrected chi connectivity index (χ3v) is 5.83. The molecule has 0 aromatic heterocycles. The normalized spacial score (nSPS) is 10.4. The van der Waals surface area contributed by atoms with Crippen LogP contribution < -0.4 is 15.9 Å². The van der Waals surface area contributed by atoms with Crippen molar-refractivity contribution in [2.45, 2.75) is 6.92 Å². The summed E-state index contributed by atoms with van der Waals surface area (Å²) in [5.74, 6) is 0. The van der Waals surface area contributed by atoms with Gasteiger partial charge in [0.1, 0.15) is 0 Å². The highest BCUT2D eigenvalue weighted by Gasteiger charge is 1.92. The predicted octanol–water partition coefficient (Wildman–Crippen LogP) is 4.34. The average molecular weight is 368 g/mol. The van der Waals surface area contributed by atoms with E-state index in [9.17, 15) is 0 Å². The van der Waals surface area contributed by atoms with Gasteiger partial charge in [0.25, 0.3) is 0 Å². The largest absolute Gasteiger partial charge is 0.381 e. The van der Waals surface area contributed by atoms with Crippen molar-refractivity contribution in [3.63, 3.8) is 0 Å². The van der Waals surface area contributed by atoms with Crippen molar-refractivity contribution in [2.24, 2.45) is 0 Å². The van der Waals surface area contributed by atoms with Gasteiger partial charge in [-0.2, -0.15) is 0 Å². The lowest BCUT2D eigenvalue weighted by Gasteiger charge is -2.01. The van der Waals surface area contributed by atoms with E-state index in [1.165, 1.54) is 15.9 Å². The van der Waals surface area contributed by atoms with Gasteiger partial charge in [-0.15, -0.1) is 0 Å². The molecule has 0 saturated carbocycles.